The summed E-state index contributed by atoms with van der Waals surface area (Å²) in [5, 5.41) is 4.12. The number of aryl methyl sites for hydroxylation is 2. The normalized spacial score (nSPS) is 10.8. The van der Waals surface area contributed by atoms with Gasteiger partial charge in [0.25, 0.3) is 5.56 Å². The molecule has 0 saturated carbocycles. The van der Waals surface area contributed by atoms with E-state index in [2.05, 4.69) is 15.1 Å². The average Bonchev–Trinajstić information content (AvgIpc) is 2.47. The molecule has 0 unspecified atom stereocenters. The van der Waals surface area contributed by atoms with Gasteiger partial charge in [-0.1, -0.05) is 0 Å². The maximum Gasteiger partial charge on any atom is 0.295 e. The maximum atomic E-state index is 11.4. The third-order valence-corrected chi connectivity index (χ3v) is 2.00. The van der Waals surface area contributed by atoms with Crippen molar-refractivity contribution in [3.8, 4) is 5.75 Å². The zero-order valence-electron chi connectivity index (χ0n) is 8.16. The molecule has 0 aliphatic carbocycles. The number of aromatic amines is 1. The summed E-state index contributed by atoms with van der Waals surface area (Å²) >= 11 is 0. The van der Waals surface area contributed by atoms with E-state index in [4.69, 9.17) is 4.74 Å². The average molecular weight is 194 g/mol. The van der Waals surface area contributed by atoms with Crippen molar-refractivity contribution in [2.24, 2.45) is 0 Å². The third-order valence-electron chi connectivity index (χ3n) is 2.00. The summed E-state index contributed by atoms with van der Waals surface area (Å²) < 4.78 is 6.51. The fraction of sp³-hybridized carbons (Fsp3) is 0.375. The first-order valence-electron chi connectivity index (χ1n) is 4.13. The van der Waals surface area contributed by atoms with Gasteiger partial charge in [0.05, 0.1) is 12.8 Å². The van der Waals surface area contributed by atoms with Crippen LogP contribution in [0.3, 0.4) is 0 Å². The maximum absolute atomic E-state index is 11.4. The number of fused-ring (bicyclic) bond motifs is 1. The smallest absolute Gasteiger partial charge is 0.295 e. The molecule has 6 nitrogen and oxygen atoms in total. The van der Waals surface area contributed by atoms with E-state index in [0.29, 0.717) is 17.3 Å². The third kappa shape index (κ3) is 1.07. The van der Waals surface area contributed by atoms with Crippen LogP contribution in [-0.2, 0) is 0 Å². The number of nitrogens with zero attached hydrogens (tertiary/aromatic N) is 3. The van der Waals surface area contributed by atoms with Crippen LogP contribution in [0.1, 0.15) is 11.5 Å². The van der Waals surface area contributed by atoms with Crippen molar-refractivity contribution in [2.45, 2.75) is 13.8 Å². The van der Waals surface area contributed by atoms with Gasteiger partial charge in [0.2, 0.25) is 11.5 Å². The quantitative estimate of drug-likeness (QED) is 0.695. The second-order valence-electron chi connectivity index (χ2n) is 2.97. The Morgan fingerprint density at radius 1 is 1.43 bits per heavy atom. The lowest BCUT2D eigenvalue weighted by atomic mass is 10.4. The Hall–Kier alpha value is -1.85. The molecule has 2 aromatic heterocycles. The molecule has 0 amide bonds. The van der Waals surface area contributed by atoms with Gasteiger partial charge < -0.3 is 4.74 Å². The molecule has 74 valence electrons. The second kappa shape index (κ2) is 2.83. The molecular formula is C8H10N4O2. The number of methoxy groups -OCH3 is 1. The zero-order valence-corrected chi connectivity index (χ0v) is 8.16. The molecule has 0 aromatic carbocycles. The molecule has 0 saturated heterocycles. The van der Waals surface area contributed by atoms with Crippen LogP contribution < -0.4 is 10.3 Å². The van der Waals surface area contributed by atoms with Crippen LogP contribution in [-0.4, -0.2) is 26.7 Å². The van der Waals surface area contributed by atoms with Crippen molar-refractivity contribution in [3.05, 3.63) is 21.9 Å². The molecule has 2 rings (SSSR count). The Morgan fingerprint density at radius 3 is 2.79 bits per heavy atom. The van der Waals surface area contributed by atoms with Crippen molar-refractivity contribution < 1.29 is 4.74 Å². The number of aromatic nitrogens is 4. The predicted octanol–water partition coefficient (Wildman–Crippen LogP) is 0.0430. The summed E-state index contributed by atoms with van der Waals surface area (Å²) in [5.74, 6) is 1.31. The van der Waals surface area contributed by atoms with Crippen molar-refractivity contribution in [1.29, 1.82) is 0 Å². The van der Waals surface area contributed by atoms with Crippen LogP contribution in [0.15, 0.2) is 4.79 Å². The highest BCUT2D eigenvalue weighted by Crippen LogP contribution is 2.10. The van der Waals surface area contributed by atoms with E-state index < -0.39 is 0 Å². The summed E-state index contributed by atoms with van der Waals surface area (Å²) in [6, 6.07) is 0. The Balaban J connectivity index is 2.92. The van der Waals surface area contributed by atoms with Gasteiger partial charge in [-0.3, -0.25) is 9.78 Å². The Bertz CT molecular complexity index is 540. The Kier molecular flexibility index (Phi) is 1.77. The van der Waals surface area contributed by atoms with Crippen molar-refractivity contribution in [3.63, 3.8) is 0 Å². The molecule has 0 aliphatic rings. The van der Waals surface area contributed by atoms with Gasteiger partial charge in [0, 0.05) is 0 Å². The van der Waals surface area contributed by atoms with Gasteiger partial charge in [-0.25, -0.2) is 0 Å². The van der Waals surface area contributed by atoms with Crippen LogP contribution >= 0.6 is 0 Å². The van der Waals surface area contributed by atoms with Gasteiger partial charge in [0.1, 0.15) is 5.82 Å². The minimum atomic E-state index is -0.287. The number of H-pyrrole nitrogens is 1. The van der Waals surface area contributed by atoms with Crippen LogP contribution in [0.25, 0.3) is 5.78 Å². The lowest BCUT2D eigenvalue weighted by Crippen LogP contribution is -2.15. The van der Waals surface area contributed by atoms with Crippen molar-refractivity contribution in [2.75, 3.05) is 7.11 Å². The van der Waals surface area contributed by atoms with E-state index in [1.807, 2.05) is 0 Å². The Labute approximate surface area is 79.5 Å². The fourth-order valence-corrected chi connectivity index (χ4v) is 1.39. The summed E-state index contributed by atoms with van der Waals surface area (Å²) in [6.45, 7) is 3.52. The topological polar surface area (TPSA) is 72.3 Å². The number of rotatable bonds is 1. The van der Waals surface area contributed by atoms with Crippen molar-refractivity contribution in [1.82, 2.24) is 19.6 Å². The first-order chi connectivity index (χ1) is 6.63. The van der Waals surface area contributed by atoms with Gasteiger partial charge in [-0.05, 0) is 13.8 Å². The summed E-state index contributed by atoms with van der Waals surface area (Å²) in [5.41, 5.74) is 0.358. The molecular weight excluding hydrogens is 184 g/mol. The molecule has 2 heterocycles. The molecule has 2 aromatic rings. The molecule has 0 atom stereocenters. The van der Waals surface area contributed by atoms with Crippen LogP contribution in [0, 0.1) is 13.8 Å². The summed E-state index contributed by atoms with van der Waals surface area (Å²) in [7, 11) is 1.45. The minimum Gasteiger partial charge on any atom is -0.490 e. The van der Waals surface area contributed by atoms with Gasteiger partial charge in [-0.15, -0.1) is 5.10 Å². The zero-order chi connectivity index (χ0) is 10.3. The van der Waals surface area contributed by atoms with E-state index in [1.54, 1.807) is 18.4 Å². The largest absolute Gasteiger partial charge is 0.490 e. The second-order valence-corrected chi connectivity index (χ2v) is 2.97. The van der Waals surface area contributed by atoms with E-state index in [-0.39, 0.29) is 11.3 Å². The minimum absolute atomic E-state index is 0.266. The molecule has 0 fully saturated rings. The summed E-state index contributed by atoms with van der Waals surface area (Å²) in [4.78, 5) is 18.1. The van der Waals surface area contributed by atoms with E-state index in [0.717, 1.165) is 0 Å². The van der Waals surface area contributed by atoms with Crippen LogP contribution in [0.2, 0.25) is 0 Å². The molecule has 1 N–H and O–H groups in total. The lowest BCUT2D eigenvalue weighted by molar-refractivity contribution is 0.400. The number of ether oxygens (including phenoxy) is 1. The monoisotopic (exact) mass is 194 g/mol. The summed E-state index contributed by atoms with van der Waals surface area (Å²) in [6.07, 6.45) is 0. The van der Waals surface area contributed by atoms with Crippen molar-refractivity contribution >= 4 is 5.78 Å². The highest BCUT2D eigenvalue weighted by Gasteiger charge is 2.11. The predicted molar refractivity (Wildman–Crippen MR) is 49.6 cm³/mol. The molecule has 0 radical (unpaired) electrons. The Morgan fingerprint density at radius 2 is 2.14 bits per heavy atom. The number of nitrogens with one attached hydrogen (secondary N) is 1. The van der Waals surface area contributed by atoms with Crippen LogP contribution in [0.5, 0.6) is 5.75 Å². The first-order valence-corrected chi connectivity index (χ1v) is 4.13. The molecule has 0 aliphatic heterocycles. The lowest BCUT2D eigenvalue weighted by Gasteiger charge is -2.03. The van der Waals surface area contributed by atoms with E-state index in [1.165, 1.54) is 7.11 Å². The first kappa shape index (κ1) is 8.74. The molecule has 0 bridgehead atoms. The van der Waals surface area contributed by atoms with Gasteiger partial charge in [0.15, 0.2) is 0 Å². The van der Waals surface area contributed by atoms with E-state index in [9.17, 15) is 4.79 Å². The molecule has 0 spiro atoms. The standard InChI is InChI=1S/C8H10N4O2/c1-4-6(14-3)7(13)10-8-9-5(2)11-12(4)8/h1-3H3,(H,9,10,11,13). The fourth-order valence-electron chi connectivity index (χ4n) is 1.39. The molecule has 14 heavy (non-hydrogen) atoms. The highest BCUT2D eigenvalue weighted by molar-refractivity contribution is 5.35. The molecule has 6 heteroatoms. The highest BCUT2D eigenvalue weighted by atomic mass is 16.5. The SMILES string of the molecule is COc1c(C)n2nc(C)nc2[nH]c1=O. The van der Waals surface area contributed by atoms with Gasteiger partial charge >= 0.3 is 0 Å². The number of hydrogen-bond donors (Lipinski definition) is 1. The number of hydrogen-bond acceptors (Lipinski definition) is 4. The van der Waals surface area contributed by atoms with E-state index >= 15 is 0 Å². The van der Waals surface area contributed by atoms with Gasteiger partial charge in [-0.2, -0.15) is 9.50 Å². The van der Waals surface area contributed by atoms with Crippen LogP contribution in [0.4, 0.5) is 0 Å².